The number of aliphatic imine (C=N–C) groups is 1. The number of nitrogens with one attached hydrogen (secondary N) is 1. The van der Waals surface area contributed by atoms with E-state index in [4.69, 9.17) is 0 Å². The highest BCUT2D eigenvalue weighted by atomic mass is 32.2. The van der Waals surface area contributed by atoms with E-state index in [0.717, 1.165) is 11.1 Å². The average Bonchev–Trinajstić information content (AvgIpc) is 2.81. The number of thioether (sulfide) groups is 1. The molecule has 1 unspecified atom stereocenters. The predicted octanol–water partition coefficient (Wildman–Crippen LogP) is 2.99. The number of aryl methyl sites for hydroxylation is 1. The van der Waals surface area contributed by atoms with Crippen LogP contribution in [0.15, 0.2) is 47.6 Å². The van der Waals surface area contributed by atoms with Gasteiger partial charge in [-0.25, -0.2) is 14.4 Å². The quantitative estimate of drug-likeness (QED) is 0.947. The lowest BCUT2D eigenvalue weighted by atomic mass is 10.1. The van der Waals surface area contributed by atoms with E-state index in [2.05, 4.69) is 15.3 Å². The van der Waals surface area contributed by atoms with Crippen LogP contribution < -0.4 is 5.32 Å². The Labute approximate surface area is 131 Å². The second-order valence-electron chi connectivity index (χ2n) is 5.03. The molecule has 1 saturated heterocycles. The highest BCUT2D eigenvalue weighted by molar-refractivity contribution is 8.15. The van der Waals surface area contributed by atoms with Crippen molar-refractivity contribution in [2.24, 2.45) is 4.99 Å². The van der Waals surface area contributed by atoms with Crippen LogP contribution in [-0.4, -0.2) is 21.3 Å². The van der Waals surface area contributed by atoms with Gasteiger partial charge in [0.1, 0.15) is 5.82 Å². The molecule has 1 aliphatic heterocycles. The number of aromatic nitrogens is 1. The second-order valence-corrected chi connectivity index (χ2v) is 6.23. The molecular weight excluding hydrogens is 301 g/mol. The third-order valence-corrected chi connectivity index (χ3v) is 4.31. The van der Waals surface area contributed by atoms with Crippen molar-refractivity contribution >= 4 is 28.7 Å². The van der Waals surface area contributed by atoms with Gasteiger partial charge in [-0.15, -0.1) is 0 Å². The van der Waals surface area contributed by atoms with Crippen molar-refractivity contribution < 1.29 is 9.18 Å². The van der Waals surface area contributed by atoms with Crippen LogP contribution in [0.25, 0.3) is 0 Å². The minimum absolute atomic E-state index is 0.0827. The molecule has 2 heterocycles. The molecule has 1 amide bonds. The van der Waals surface area contributed by atoms with Crippen molar-refractivity contribution in [3.05, 3.63) is 59.5 Å². The number of hydrogen-bond donors (Lipinski definition) is 1. The fraction of sp³-hybridized carbons (Fsp3) is 0.188. The second kappa shape index (κ2) is 6.27. The fourth-order valence-electron chi connectivity index (χ4n) is 2.11. The molecule has 0 aliphatic carbocycles. The minimum Gasteiger partial charge on any atom is -0.304 e. The Kier molecular flexibility index (Phi) is 4.20. The average molecular weight is 315 g/mol. The molecule has 22 heavy (non-hydrogen) atoms. The Morgan fingerprint density at radius 2 is 2.09 bits per heavy atom. The highest BCUT2D eigenvalue weighted by Gasteiger charge is 2.30. The maximum Gasteiger partial charge on any atom is 0.239 e. The Hall–Kier alpha value is -2.21. The maximum atomic E-state index is 12.9. The normalized spacial score (nSPS) is 19.5. The van der Waals surface area contributed by atoms with Crippen molar-refractivity contribution in [2.75, 3.05) is 0 Å². The molecule has 1 N–H and O–H groups in total. The summed E-state index contributed by atoms with van der Waals surface area (Å²) >= 11 is 1.37. The van der Waals surface area contributed by atoms with E-state index in [9.17, 15) is 9.18 Å². The lowest BCUT2D eigenvalue weighted by Crippen LogP contribution is -2.25. The van der Waals surface area contributed by atoms with Crippen molar-refractivity contribution in [1.82, 2.24) is 10.3 Å². The summed E-state index contributed by atoms with van der Waals surface area (Å²) in [5, 5.41) is 3.06. The third-order valence-electron chi connectivity index (χ3n) is 3.23. The number of carbonyl (C=O) groups excluding carboxylic acids is 1. The summed E-state index contributed by atoms with van der Waals surface area (Å²) in [6.45, 7) is 1.96. The van der Waals surface area contributed by atoms with Crippen LogP contribution >= 0.6 is 11.8 Å². The van der Waals surface area contributed by atoms with Gasteiger partial charge in [0.05, 0.1) is 5.25 Å². The van der Waals surface area contributed by atoms with Gasteiger partial charge in [-0.05, 0) is 48.7 Å². The van der Waals surface area contributed by atoms with Crippen molar-refractivity contribution in [3.63, 3.8) is 0 Å². The summed E-state index contributed by atoms with van der Waals surface area (Å²) in [5.74, 6) is 0.214. The number of rotatable bonds is 3. The number of benzene rings is 1. The minimum atomic E-state index is -0.278. The monoisotopic (exact) mass is 315 g/mol. The lowest BCUT2D eigenvalue weighted by molar-refractivity contribution is -0.118. The summed E-state index contributed by atoms with van der Waals surface area (Å²) in [6.07, 6.45) is 2.23. The fourth-order valence-corrected chi connectivity index (χ4v) is 3.13. The van der Waals surface area contributed by atoms with Gasteiger partial charge in [0, 0.05) is 6.20 Å². The van der Waals surface area contributed by atoms with Crippen molar-refractivity contribution in [2.45, 2.75) is 18.6 Å². The lowest BCUT2D eigenvalue weighted by Gasteiger charge is -2.04. The largest absolute Gasteiger partial charge is 0.304 e. The molecule has 2 aromatic rings. The van der Waals surface area contributed by atoms with Gasteiger partial charge in [0.25, 0.3) is 0 Å². The number of carbonyl (C=O) groups is 1. The van der Waals surface area contributed by atoms with Crippen LogP contribution in [0.1, 0.15) is 11.1 Å². The van der Waals surface area contributed by atoms with Crippen LogP contribution in [0.3, 0.4) is 0 Å². The van der Waals surface area contributed by atoms with Crippen molar-refractivity contribution in [3.8, 4) is 0 Å². The summed E-state index contributed by atoms with van der Waals surface area (Å²) in [6, 6.07) is 9.94. The standard InChI is InChI=1S/C16H14FN3OS/c1-10-6-7-18-14(8-10)19-16-20-15(21)13(22-16)9-11-2-4-12(17)5-3-11/h2-8,13H,9H2,1H3,(H,18,19,20,21). The van der Waals surface area contributed by atoms with E-state index in [1.807, 2.05) is 19.1 Å². The molecule has 3 rings (SSSR count). The summed E-state index contributed by atoms with van der Waals surface area (Å²) in [5.41, 5.74) is 1.98. The number of amides is 1. The summed E-state index contributed by atoms with van der Waals surface area (Å²) in [7, 11) is 0. The summed E-state index contributed by atoms with van der Waals surface area (Å²) in [4.78, 5) is 20.5. The molecule has 1 fully saturated rings. The predicted molar refractivity (Wildman–Crippen MR) is 85.7 cm³/mol. The van der Waals surface area contributed by atoms with Gasteiger partial charge in [0.2, 0.25) is 5.91 Å². The first-order chi connectivity index (χ1) is 10.6. The van der Waals surface area contributed by atoms with E-state index in [1.165, 1.54) is 23.9 Å². The first kappa shape index (κ1) is 14.7. The molecule has 1 aromatic heterocycles. The Balaban J connectivity index is 1.71. The number of nitrogens with zero attached hydrogens (tertiary/aromatic N) is 2. The zero-order chi connectivity index (χ0) is 15.5. The van der Waals surface area contributed by atoms with Gasteiger partial charge >= 0.3 is 0 Å². The van der Waals surface area contributed by atoms with Crippen LogP contribution in [0.4, 0.5) is 10.2 Å². The smallest absolute Gasteiger partial charge is 0.239 e. The molecule has 0 bridgehead atoms. The molecule has 0 spiro atoms. The number of pyridine rings is 1. The molecule has 1 aliphatic rings. The van der Waals surface area contributed by atoms with E-state index in [0.29, 0.717) is 17.4 Å². The van der Waals surface area contributed by atoms with Crippen LogP contribution in [-0.2, 0) is 11.2 Å². The van der Waals surface area contributed by atoms with E-state index < -0.39 is 0 Å². The molecule has 1 atom stereocenters. The third kappa shape index (κ3) is 3.51. The SMILES string of the molecule is Cc1ccnc(N=C2NC(=O)C(Cc3ccc(F)cc3)S2)c1. The van der Waals surface area contributed by atoms with Gasteiger partial charge in [-0.3, -0.25) is 4.79 Å². The van der Waals surface area contributed by atoms with E-state index in [-0.39, 0.29) is 17.0 Å². The Bertz CT molecular complexity index is 730. The number of amidine groups is 1. The summed E-state index contributed by atoms with van der Waals surface area (Å²) < 4.78 is 12.9. The Morgan fingerprint density at radius 3 is 2.82 bits per heavy atom. The molecule has 1 aromatic carbocycles. The molecule has 0 radical (unpaired) electrons. The zero-order valence-corrected chi connectivity index (χ0v) is 12.7. The highest BCUT2D eigenvalue weighted by Crippen LogP contribution is 2.25. The van der Waals surface area contributed by atoms with Gasteiger partial charge in [-0.2, -0.15) is 0 Å². The number of hydrogen-bond acceptors (Lipinski definition) is 4. The van der Waals surface area contributed by atoms with Crippen LogP contribution in [0.2, 0.25) is 0 Å². The van der Waals surface area contributed by atoms with Gasteiger partial charge in [-0.1, -0.05) is 23.9 Å². The van der Waals surface area contributed by atoms with Gasteiger partial charge in [0.15, 0.2) is 11.0 Å². The molecule has 4 nitrogen and oxygen atoms in total. The number of halogens is 1. The van der Waals surface area contributed by atoms with Crippen LogP contribution in [0, 0.1) is 12.7 Å². The first-order valence-electron chi connectivity index (χ1n) is 6.83. The molecule has 0 saturated carbocycles. The Morgan fingerprint density at radius 1 is 1.32 bits per heavy atom. The van der Waals surface area contributed by atoms with Gasteiger partial charge < -0.3 is 5.32 Å². The van der Waals surface area contributed by atoms with Crippen molar-refractivity contribution in [1.29, 1.82) is 0 Å². The van der Waals surface area contributed by atoms with E-state index >= 15 is 0 Å². The molecular formula is C16H14FN3OS. The molecule has 112 valence electrons. The maximum absolute atomic E-state index is 12.9. The first-order valence-corrected chi connectivity index (χ1v) is 7.71. The zero-order valence-electron chi connectivity index (χ0n) is 11.9. The topological polar surface area (TPSA) is 54.4 Å². The van der Waals surface area contributed by atoms with E-state index in [1.54, 1.807) is 18.3 Å². The molecule has 6 heteroatoms. The van der Waals surface area contributed by atoms with Crippen LogP contribution in [0.5, 0.6) is 0 Å².